The van der Waals surface area contributed by atoms with E-state index in [1.165, 1.54) is 6.07 Å². The Balaban J connectivity index is 0.00000121. The monoisotopic (exact) mass is 356 g/mol. The summed E-state index contributed by atoms with van der Waals surface area (Å²) in [6.07, 6.45) is -2.72. The van der Waals surface area contributed by atoms with Gasteiger partial charge in [0.1, 0.15) is 0 Å². The average Bonchev–Trinajstić information content (AvgIpc) is 2.75. The number of nitrogens with zero attached hydrogens (tertiary/aromatic N) is 1. The van der Waals surface area contributed by atoms with Crippen molar-refractivity contribution in [3.8, 4) is 11.5 Å². The Bertz CT molecular complexity index is 500. The molecular weight excluding hydrogens is 337 g/mol. The fourth-order valence-electron chi connectivity index (χ4n) is 2.92. The van der Waals surface area contributed by atoms with Crippen molar-refractivity contribution in [1.82, 2.24) is 10.2 Å². The molecule has 8 heteroatoms. The van der Waals surface area contributed by atoms with Crippen molar-refractivity contribution in [2.45, 2.75) is 25.7 Å². The second-order valence-electron chi connectivity index (χ2n) is 5.05. The molecule has 1 saturated heterocycles. The van der Waals surface area contributed by atoms with Gasteiger partial charge in [-0.2, -0.15) is 0 Å². The molecule has 0 aliphatic carbocycles. The van der Waals surface area contributed by atoms with Crippen molar-refractivity contribution in [3.63, 3.8) is 0 Å². The average molecular weight is 357 g/mol. The largest absolute Gasteiger partial charge is 0.586 e. The molecule has 126 valence electrons. The predicted molar refractivity (Wildman–Crippen MR) is 84.6 cm³/mol. The highest BCUT2D eigenvalue weighted by atomic mass is 35.5. The third-order valence-electron chi connectivity index (χ3n) is 3.80. The molecule has 1 aromatic rings. The van der Waals surface area contributed by atoms with Gasteiger partial charge in [0, 0.05) is 37.8 Å². The molecule has 2 aliphatic heterocycles. The minimum Gasteiger partial charge on any atom is -0.395 e. The van der Waals surface area contributed by atoms with E-state index in [1.54, 1.807) is 6.07 Å². The van der Waals surface area contributed by atoms with Crippen molar-refractivity contribution in [1.29, 1.82) is 0 Å². The SMILES string of the molecule is CC[C@@H](c1cccc2c1OC(F)(F)O2)N1CCNCC1.Cl.Cl. The van der Waals surface area contributed by atoms with E-state index < -0.39 is 6.29 Å². The number of halogens is 4. The van der Waals surface area contributed by atoms with E-state index in [-0.39, 0.29) is 42.4 Å². The number of alkyl halides is 2. The van der Waals surface area contributed by atoms with Crippen molar-refractivity contribution >= 4 is 24.8 Å². The van der Waals surface area contributed by atoms with Gasteiger partial charge in [-0.1, -0.05) is 19.1 Å². The van der Waals surface area contributed by atoms with Gasteiger partial charge in [-0.3, -0.25) is 4.90 Å². The number of nitrogens with one attached hydrogen (secondary N) is 1. The maximum absolute atomic E-state index is 13.3. The highest BCUT2D eigenvalue weighted by Gasteiger charge is 2.45. The van der Waals surface area contributed by atoms with Crippen LogP contribution in [-0.2, 0) is 0 Å². The molecule has 0 amide bonds. The van der Waals surface area contributed by atoms with Crippen LogP contribution in [0.2, 0.25) is 0 Å². The normalized spacial score (nSPS) is 20.7. The standard InChI is InChI=1S/C14H18F2N2O2.2ClH/c1-2-11(18-8-6-17-7-9-18)10-4-3-5-12-13(10)20-14(15,16)19-12;;/h3-5,11,17H,2,6-9H2,1H3;2*1H/t11-;;/m0../s1. The molecule has 1 fully saturated rings. The topological polar surface area (TPSA) is 33.7 Å². The maximum Gasteiger partial charge on any atom is 0.586 e. The van der Waals surface area contributed by atoms with E-state index in [0.29, 0.717) is 0 Å². The highest BCUT2D eigenvalue weighted by molar-refractivity contribution is 5.85. The van der Waals surface area contributed by atoms with Crippen molar-refractivity contribution < 1.29 is 18.3 Å². The van der Waals surface area contributed by atoms with E-state index >= 15 is 0 Å². The molecule has 0 bridgehead atoms. The van der Waals surface area contributed by atoms with Crippen LogP contribution in [0.25, 0.3) is 0 Å². The van der Waals surface area contributed by atoms with Gasteiger partial charge in [0.15, 0.2) is 11.5 Å². The Morgan fingerprint density at radius 2 is 1.91 bits per heavy atom. The smallest absolute Gasteiger partial charge is 0.395 e. The molecule has 0 unspecified atom stereocenters. The van der Waals surface area contributed by atoms with Gasteiger partial charge >= 0.3 is 6.29 Å². The Hall–Kier alpha value is -0.820. The quantitative estimate of drug-likeness (QED) is 0.901. The lowest BCUT2D eigenvalue weighted by Gasteiger charge is -2.35. The number of fused-ring (bicyclic) bond motifs is 1. The fraction of sp³-hybridized carbons (Fsp3) is 0.571. The summed E-state index contributed by atoms with van der Waals surface area (Å²) < 4.78 is 35.7. The Labute approximate surface area is 141 Å². The third kappa shape index (κ3) is 3.74. The van der Waals surface area contributed by atoms with E-state index in [2.05, 4.69) is 21.9 Å². The maximum atomic E-state index is 13.3. The summed E-state index contributed by atoms with van der Waals surface area (Å²) in [4.78, 5) is 2.30. The molecule has 1 aromatic carbocycles. The lowest BCUT2D eigenvalue weighted by atomic mass is 10.0. The number of ether oxygens (including phenoxy) is 2. The van der Waals surface area contributed by atoms with Crippen LogP contribution in [0.15, 0.2) is 18.2 Å². The van der Waals surface area contributed by atoms with Crippen LogP contribution in [-0.4, -0.2) is 37.4 Å². The molecule has 22 heavy (non-hydrogen) atoms. The molecule has 1 atom stereocenters. The first-order valence-electron chi connectivity index (χ1n) is 6.94. The zero-order chi connectivity index (χ0) is 14.2. The summed E-state index contributed by atoms with van der Waals surface area (Å²) in [6.45, 7) is 5.69. The van der Waals surface area contributed by atoms with Gasteiger partial charge in [-0.05, 0) is 12.5 Å². The second kappa shape index (κ2) is 7.64. The van der Waals surface area contributed by atoms with Crippen LogP contribution < -0.4 is 14.8 Å². The first kappa shape index (κ1) is 19.2. The molecule has 0 aromatic heterocycles. The summed E-state index contributed by atoms with van der Waals surface area (Å²) in [5.41, 5.74) is 0.782. The molecule has 0 radical (unpaired) electrons. The minimum atomic E-state index is -3.56. The first-order chi connectivity index (χ1) is 9.61. The Morgan fingerprint density at radius 1 is 1.23 bits per heavy atom. The van der Waals surface area contributed by atoms with Gasteiger partial charge in [-0.15, -0.1) is 33.6 Å². The van der Waals surface area contributed by atoms with Crippen molar-refractivity contribution in [3.05, 3.63) is 23.8 Å². The summed E-state index contributed by atoms with van der Waals surface area (Å²) in [5, 5.41) is 3.29. The Morgan fingerprint density at radius 3 is 2.55 bits per heavy atom. The van der Waals surface area contributed by atoms with Crippen LogP contribution in [0.3, 0.4) is 0 Å². The minimum absolute atomic E-state index is 0. The molecule has 1 N–H and O–H groups in total. The summed E-state index contributed by atoms with van der Waals surface area (Å²) in [7, 11) is 0. The summed E-state index contributed by atoms with van der Waals surface area (Å²) >= 11 is 0. The number of para-hydroxylation sites is 1. The lowest BCUT2D eigenvalue weighted by molar-refractivity contribution is -0.287. The van der Waals surface area contributed by atoms with E-state index in [4.69, 9.17) is 4.74 Å². The van der Waals surface area contributed by atoms with E-state index in [0.717, 1.165) is 38.2 Å². The van der Waals surface area contributed by atoms with Crippen LogP contribution in [0.5, 0.6) is 11.5 Å². The fourth-order valence-corrected chi connectivity index (χ4v) is 2.92. The lowest BCUT2D eigenvalue weighted by Crippen LogP contribution is -2.45. The Kier molecular flexibility index (Phi) is 6.67. The molecule has 2 aliphatic rings. The number of rotatable bonds is 3. The molecular formula is C14H20Cl2F2N2O2. The number of hydrogen-bond acceptors (Lipinski definition) is 4. The van der Waals surface area contributed by atoms with Gasteiger partial charge in [0.05, 0.1) is 0 Å². The molecule has 0 saturated carbocycles. The van der Waals surface area contributed by atoms with E-state index in [9.17, 15) is 8.78 Å². The van der Waals surface area contributed by atoms with Gasteiger partial charge in [-0.25, -0.2) is 0 Å². The van der Waals surface area contributed by atoms with Gasteiger partial charge < -0.3 is 14.8 Å². The van der Waals surface area contributed by atoms with Crippen molar-refractivity contribution in [2.75, 3.05) is 26.2 Å². The van der Waals surface area contributed by atoms with Crippen LogP contribution in [0.1, 0.15) is 24.9 Å². The first-order valence-corrected chi connectivity index (χ1v) is 6.94. The van der Waals surface area contributed by atoms with Crippen LogP contribution in [0, 0.1) is 0 Å². The predicted octanol–water partition coefficient (Wildman–Crippen LogP) is 3.21. The van der Waals surface area contributed by atoms with E-state index in [1.807, 2.05) is 6.07 Å². The molecule has 4 nitrogen and oxygen atoms in total. The highest BCUT2D eigenvalue weighted by Crippen LogP contribution is 2.46. The number of hydrogen-bond donors (Lipinski definition) is 1. The van der Waals surface area contributed by atoms with Gasteiger partial charge in [0.25, 0.3) is 0 Å². The molecule has 2 heterocycles. The van der Waals surface area contributed by atoms with Gasteiger partial charge in [0.2, 0.25) is 0 Å². The van der Waals surface area contributed by atoms with Crippen molar-refractivity contribution in [2.24, 2.45) is 0 Å². The number of piperazine rings is 1. The zero-order valence-corrected chi connectivity index (χ0v) is 13.8. The summed E-state index contributed by atoms with van der Waals surface area (Å²) in [5.74, 6) is 0.309. The van der Waals surface area contributed by atoms with Crippen LogP contribution >= 0.6 is 24.8 Å². The summed E-state index contributed by atoms with van der Waals surface area (Å²) in [6, 6.07) is 5.18. The molecule has 3 rings (SSSR count). The zero-order valence-electron chi connectivity index (χ0n) is 12.2. The second-order valence-corrected chi connectivity index (χ2v) is 5.05. The van der Waals surface area contributed by atoms with Crippen LogP contribution in [0.4, 0.5) is 8.78 Å². The molecule has 0 spiro atoms. The third-order valence-corrected chi connectivity index (χ3v) is 3.80. The number of benzene rings is 1.